The van der Waals surface area contributed by atoms with Gasteiger partial charge >= 0.3 is 0 Å². The van der Waals surface area contributed by atoms with Gasteiger partial charge in [0.15, 0.2) is 17.6 Å². The standard InChI is InChI=1S/C29H30ClN3O5/c1-15(27(36)32-19-7-5-18(13-31)20(30)12-19)24(35)26-29-9-10-33(14-16-3-4-16)22(28(29,2)37)11-17-6-8-21(34)25(38-26)23(17)29/h5-8,12,16,22,26,34-35,37H,3-4,9-11,14H2,1-2H3,(H,32,36)/b24-15-/t22-,26+,28-,29+/m1/s1. The average molecular weight is 536 g/mol. The number of hydrogen-bond acceptors (Lipinski definition) is 7. The number of carbonyl (C=O) groups is 1. The Morgan fingerprint density at radius 1 is 1.32 bits per heavy atom. The van der Waals surface area contributed by atoms with Crippen molar-refractivity contribution in [3.63, 3.8) is 0 Å². The number of aliphatic hydroxyl groups excluding tert-OH is 1. The molecule has 2 aromatic rings. The molecule has 2 heterocycles. The van der Waals surface area contributed by atoms with Crippen molar-refractivity contribution in [3.05, 3.63) is 63.4 Å². The number of rotatable bonds is 5. The van der Waals surface area contributed by atoms with Crippen molar-refractivity contribution < 1.29 is 24.9 Å². The number of phenols is 1. The van der Waals surface area contributed by atoms with Crippen molar-refractivity contribution >= 4 is 23.2 Å². The first-order chi connectivity index (χ1) is 18.1. The van der Waals surface area contributed by atoms with Gasteiger partial charge in [-0.05, 0) is 81.8 Å². The lowest BCUT2D eigenvalue weighted by Crippen LogP contribution is -2.73. The van der Waals surface area contributed by atoms with Gasteiger partial charge in [0.2, 0.25) is 0 Å². The predicted octanol–water partition coefficient (Wildman–Crippen LogP) is 4.18. The number of likely N-dealkylation sites (tertiary alicyclic amines) is 1. The topological polar surface area (TPSA) is 126 Å². The number of aromatic hydroxyl groups is 1. The molecule has 4 atom stereocenters. The Balaban J connectivity index is 1.39. The van der Waals surface area contributed by atoms with Crippen LogP contribution in [0.4, 0.5) is 5.69 Å². The van der Waals surface area contributed by atoms with Crippen molar-refractivity contribution in [3.8, 4) is 17.6 Å². The van der Waals surface area contributed by atoms with Crippen LogP contribution in [0, 0.1) is 17.2 Å². The number of benzene rings is 2. The van der Waals surface area contributed by atoms with Crippen molar-refractivity contribution in [1.82, 2.24) is 4.90 Å². The molecule has 1 amide bonds. The Morgan fingerprint density at radius 3 is 2.76 bits per heavy atom. The number of nitrogens with one attached hydrogen (secondary N) is 1. The summed E-state index contributed by atoms with van der Waals surface area (Å²) < 4.78 is 6.26. The largest absolute Gasteiger partial charge is 0.508 e. The molecule has 0 unspecified atom stereocenters. The van der Waals surface area contributed by atoms with E-state index in [4.69, 9.17) is 21.6 Å². The minimum atomic E-state index is -1.29. The van der Waals surface area contributed by atoms with Crippen LogP contribution in [0.1, 0.15) is 49.8 Å². The number of fused-ring (bicyclic) bond motifs is 1. The van der Waals surface area contributed by atoms with Crippen LogP contribution in [0.25, 0.3) is 0 Å². The lowest BCUT2D eigenvalue weighted by atomic mass is 9.53. The molecule has 2 bridgehead atoms. The molecule has 2 aromatic carbocycles. The van der Waals surface area contributed by atoms with Crippen molar-refractivity contribution in [2.75, 3.05) is 18.4 Å². The molecule has 2 aliphatic carbocycles. The molecule has 0 aromatic heterocycles. The highest BCUT2D eigenvalue weighted by Gasteiger charge is 2.69. The summed E-state index contributed by atoms with van der Waals surface area (Å²) in [6, 6.07) is 9.80. The van der Waals surface area contributed by atoms with E-state index in [1.807, 2.05) is 12.1 Å². The number of anilines is 1. The van der Waals surface area contributed by atoms with Gasteiger partial charge in [-0.15, -0.1) is 0 Å². The first kappa shape index (κ1) is 25.1. The second kappa shape index (κ2) is 8.63. The van der Waals surface area contributed by atoms with E-state index in [9.17, 15) is 20.1 Å². The summed E-state index contributed by atoms with van der Waals surface area (Å²) in [5, 5.41) is 46.5. The second-order valence-electron chi connectivity index (χ2n) is 11.2. The fourth-order valence-electron chi connectivity index (χ4n) is 6.79. The van der Waals surface area contributed by atoms with Crippen LogP contribution in [0.3, 0.4) is 0 Å². The van der Waals surface area contributed by atoms with Gasteiger partial charge in [-0.3, -0.25) is 9.69 Å². The van der Waals surface area contributed by atoms with Crippen LogP contribution in [-0.2, 0) is 16.6 Å². The zero-order chi connectivity index (χ0) is 27.0. The summed E-state index contributed by atoms with van der Waals surface area (Å²) >= 11 is 6.11. The van der Waals surface area contributed by atoms with Gasteiger partial charge in [-0.25, -0.2) is 0 Å². The molecule has 1 saturated heterocycles. The van der Waals surface area contributed by atoms with E-state index >= 15 is 0 Å². The van der Waals surface area contributed by atoms with Gasteiger partial charge < -0.3 is 25.4 Å². The van der Waals surface area contributed by atoms with E-state index in [0.29, 0.717) is 31.0 Å². The summed E-state index contributed by atoms with van der Waals surface area (Å²) in [5.74, 6) is 0.00680. The quantitative estimate of drug-likeness (QED) is 0.334. The van der Waals surface area contributed by atoms with Gasteiger partial charge in [0, 0.05) is 23.8 Å². The summed E-state index contributed by atoms with van der Waals surface area (Å²) in [4.78, 5) is 15.6. The minimum absolute atomic E-state index is 0.0250. The predicted molar refractivity (Wildman–Crippen MR) is 141 cm³/mol. The molecule has 6 rings (SSSR count). The Morgan fingerprint density at radius 2 is 2.08 bits per heavy atom. The summed E-state index contributed by atoms with van der Waals surface area (Å²) in [6.07, 6.45) is 2.48. The van der Waals surface area contributed by atoms with Gasteiger partial charge in [0.1, 0.15) is 11.8 Å². The zero-order valence-electron chi connectivity index (χ0n) is 21.3. The molecule has 4 N–H and O–H groups in total. The summed E-state index contributed by atoms with van der Waals surface area (Å²) in [7, 11) is 0. The van der Waals surface area contributed by atoms with Gasteiger partial charge in [0.25, 0.3) is 5.91 Å². The number of nitriles is 1. The third kappa shape index (κ3) is 3.53. The number of halogens is 1. The van der Waals surface area contributed by atoms with Crippen LogP contribution in [-0.4, -0.2) is 57.0 Å². The van der Waals surface area contributed by atoms with E-state index in [2.05, 4.69) is 10.2 Å². The first-order valence-electron chi connectivity index (χ1n) is 13.0. The number of hydrogen-bond donors (Lipinski definition) is 4. The van der Waals surface area contributed by atoms with Crippen LogP contribution >= 0.6 is 11.6 Å². The van der Waals surface area contributed by atoms with Crippen LogP contribution in [0.15, 0.2) is 41.7 Å². The third-order valence-corrected chi connectivity index (χ3v) is 9.37. The fraction of sp³-hybridized carbons (Fsp3) is 0.448. The lowest BCUT2D eigenvalue weighted by Gasteiger charge is -2.59. The Hall–Kier alpha value is -3.25. The molecule has 1 saturated carbocycles. The molecule has 1 spiro atoms. The highest BCUT2D eigenvalue weighted by Crippen LogP contribution is 2.63. The first-order valence-corrected chi connectivity index (χ1v) is 13.4. The Bertz CT molecular complexity index is 1430. The molecule has 9 heteroatoms. The minimum Gasteiger partial charge on any atom is -0.508 e. The maximum atomic E-state index is 13.2. The van der Waals surface area contributed by atoms with Crippen molar-refractivity contribution in [2.45, 2.75) is 62.7 Å². The zero-order valence-corrected chi connectivity index (χ0v) is 22.0. The molecule has 8 nitrogen and oxygen atoms in total. The number of phenolic OH excluding ortho intramolecular Hbond substituents is 1. The molecule has 4 aliphatic rings. The monoisotopic (exact) mass is 535 g/mol. The van der Waals surface area contributed by atoms with Crippen molar-refractivity contribution in [1.29, 1.82) is 5.26 Å². The van der Waals surface area contributed by atoms with Crippen LogP contribution < -0.4 is 10.1 Å². The van der Waals surface area contributed by atoms with Crippen molar-refractivity contribution in [2.24, 2.45) is 5.92 Å². The van der Waals surface area contributed by atoms with E-state index in [1.165, 1.54) is 31.9 Å². The number of carbonyl (C=O) groups excluding carboxylic acids is 1. The molecule has 2 aliphatic heterocycles. The van der Waals surface area contributed by atoms with E-state index in [-0.39, 0.29) is 39.5 Å². The van der Waals surface area contributed by atoms with Gasteiger partial charge in [-0.2, -0.15) is 5.26 Å². The number of ether oxygens (including phenoxy) is 1. The van der Waals surface area contributed by atoms with Crippen LogP contribution in [0.5, 0.6) is 11.5 Å². The maximum absolute atomic E-state index is 13.2. The van der Waals surface area contributed by atoms with Gasteiger partial charge in [-0.1, -0.05) is 17.7 Å². The number of nitrogens with zero attached hydrogens (tertiary/aromatic N) is 2. The Kier molecular flexibility index (Phi) is 5.69. The van der Waals surface area contributed by atoms with E-state index < -0.39 is 23.0 Å². The Labute approximate surface area is 226 Å². The molecule has 0 radical (unpaired) electrons. The molecular weight excluding hydrogens is 506 g/mol. The van der Waals surface area contributed by atoms with Gasteiger partial charge in [0.05, 0.1) is 27.2 Å². The van der Waals surface area contributed by atoms with E-state index in [1.54, 1.807) is 19.1 Å². The highest BCUT2D eigenvalue weighted by atomic mass is 35.5. The normalized spacial score (nSPS) is 30.1. The highest BCUT2D eigenvalue weighted by molar-refractivity contribution is 6.32. The lowest BCUT2D eigenvalue weighted by molar-refractivity contribution is -0.153. The SMILES string of the molecule is C/C(C(=O)Nc1ccc(C#N)c(Cl)c1)=C(/O)[C@@H]1Oc2c(O)ccc3c2[C@@]12CCN(CC1CC1)[C@H](C3)[C@@]2(C)O. The molecule has 2 fully saturated rings. The molecule has 38 heavy (non-hydrogen) atoms. The number of amides is 1. The summed E-state index contributed by atoms with van der Waals surface area (Å²) in [6.45, 7) is 4.95. The number of piperidine rings is 1. The van der Waals surface area contributed by atoms with Crippen LogP contribution in [0.2, 0.25) is 5.02 Å². The maximum Gasteiger partial charge on any atom is 0.254 e. The smallest absolute Gasteiger partial charge is 0.254 e. The summed E-state index contributed by atoms with van der Waals surface area (Å²) in [5.41, 5.74) is 0.0713. The van der Waals surface area contributed by atoms with E-state index in [0.717, 1.165) is 17.7 Å². The second-order valence-corrected chi connectivity index (χ2v) is 11.7. The molecule has 198 valence electrons. The molecular formula is C29H30ClN3O5. The fourth-order valence-corrected chi connectivity index (χ4v) is 7.02. The third-order valence-electron chi connectivity index (χ3n) is 9.06. The average Bonchev–Trinajstić information content (AvgIpc) is 3.62. The number of aliphatic hydroxyl groups is 2.